The van der Waals surface area contributed by atoms with Crippen molar-refractivity contribution in [3.05, 3.63) is 0 Å². The molecule has 19 heavy (non-hydrogen) atoms. The van der Waals surface area contributed by atoms with E-state index in [2.05, 4.69) is 26.1 Å². The van der Waals surface area contributed by atoms with Gasteiger partial charge < -0.3 is 10.1 Å². The second-order valence-electron chi connectivity index (χ2n) is 7.89. The van der Waals surface area contributed by atoms with Crippen molar-refractivity contribution in [3.8, 4) is 0 Å². The zero-order valence-corrected chi connectivity index (χ0v) is 13.0. The minimum Gasteiger partial charge on any atom is -0.369 e. The molecule has 0 radical (unpaired) electrons. The van der Waals surface area contributed by atoms with Gasteiger partial charge >= 0.3 is 0 Å². The van der Waals surface area contributed by atoms with Crippen LogP contribution in [0.25, 0.3) is 0 Å². The SMILES string of the molecule is CCC(C)(C)C1CCC2OC3(CCCC3)CNC2C1. The molecule has 2 heteroatoms. The van der Waals surface area contributed by atoms with Crippen LogP contribution < -0.4 is 5.32 Å². The van der Waals surface area contributed by atoms with E-state index in [0.717, 1.165) is 12.5 Å². The highest BCUT2D eigenvalue weighted by atomic mass is 16.5. The van der Waals surface area contributed by atoms with Gasteiger partial charge in [0.2, 0.25) is 0 Å². The first-order chi connectivity index (χ1) is 9.05. The molecule has 1 aliphatic heterocycles. The maximum Gasteiger partial charge on any atom is 0.0810 e. The van der Waals surface area contributed by atoms with Crippen LogP contribution in [0.3, 0.4) is 0 Å². The van der Waals surface area contributed by atoms with E-state index in [0.29, 0.717) is 17.6 Å². The summed E-state index contributed by atoms with van der Waals surface area (Å²) in [6, 6.07) is 0.621. The third kappa shape index (κ3) is 2.58. The molecule has 1 spiro atoms. The van der Waals surface area contributed by atoms with Gasteiger partial charge in [-0.2, -0.15) is 0 Å². The summed E-state index contributed by atoms with van der Waals surface area (Å²) in [6.45, 7) is 8.33. The van der Waals surface area contributed by atoms with Gasteiger partial charge in [-0.3, -0.25) is 0 Å². The van der Waals surface area contributed by atoms with Crippen LogP contribution in [0, 0.1) is 11.3 Å². The third-order valence-electron chi connectivity index (χ3n) is 6.41. The molecule has 2 nitrogen and oxygen atoms in total. The van der Waals surface area contributed by atoms with Gasteiger partial charge in [-0.1, -0.05) is 40.0 Å². The van der Waals surface area contributed by atoms with Gasteiger partial charge in [-0.15, -0.1) is 0 Å². The van der Waals surface area contributed by atoms with E-state index in [9.17, 15) is 0 Å². The van der Waals surface area contributed by atoms with Crippen LogP contribution in [0.1, 0.15) is 72.1 Å². The zero-order chi connectivity index (χ0) is 13.5. The second-order valence-corrected chi connectivity index (χ2v) is 7.89. The highest BCUT2D eigenvalue weighted by Crippen LogP contribution is 2.45. The van der Waals surface area contributed by atoms with Crippen molar-refractivity contribution in [2.45, 2.75) is 89.9 Å². The Morgan fingerprint density at radius 3 is 2.63 bits per heavy atom. The van der Waals surface area contributed by atoms with Crippen LogP contribution >= 0.6 is 0 Å². The van der Waals surface area contributed by atoms with Crippen LogP contribution in [-0.4, -0.2) is 24.3 Å². The molecular formula is C17H31NO. The molecule has 3 rings (SSSR count). The Labute approximate surface area is 118 Å². The number of hydrogen-bond donors (Lipinski definition) is 1. The quantitative estimate of drug-likeness (QED) is 0.818. The Balaban J connectivity index is 1.63. The molecule has 1 N–H and O–H groups in total. The summed E-state index contributed by atoms with van der Waals surface area (Å²) >= 11 is 0. The van der Waals surface area contributed by atoms with Gasteiger partial charge in [0.15, 0.2) is 0 Å². The summed E-state index contributed by atoms with van der Waals surface area (Å²) in [7, 11) is 0. The van der Waals surface area contributed by atoms with Crippen LogP contribution in [-0.2, 0) is 4.74 Å². The molecule has 1 saturated heterocycles. The fraction of sp³-hybridized carbons (Fsp3) is 1.00. The summed E-state index contributed by atoms with van der Waals surface area (Å²) in [5.74, 6) is 0.868. The standard InChI is InChI=1S/C17H31NO/c1-4-16(2,3)13-7-8-15-14(11-13)18-12-17(19-15)9-5-6-10-17/h13-15,18H,4-12H2,1-3H3. The molecule has 1 heterocycles. The van der Waals surface area contributed by atoms with E-state index >= 15 is 0 Å². The molecule has 0 aromatic heterocycles. The first kappa shape index (κ1) is 13.9. The summed E-state index contributed by atoms with van der Waals surface area (Å²) in [6.07, 6.45) is 11.0. The average molecular weight is 265 g/mol. The van der Waals surface area contributed by atoms with Gasteiger partial charge in [0, 0.05) is 12.6 Å². The Morgan fingerprint density at radius 1 is 1.21 bits per heavy atom. The van der Waals surface area contributed by atoms with E-state index in [1.54, 1.807) is 0 Å². The number of rotatable bonds is 2. The van der Waals surface area contributed by atoms with Gasteiger partial charge in [-0.05, 0) is 43.4 Å². The average Bonchev–Trinajstić information content (AvgIpc) is 2.86. The van der Waals surface area contributed by atoms with Crippen LogP contribution in [0.15, 0.2) is 0 Å². The largest absolute Gasteiger partial charge is 0.369 e. The highest BCUT2D eigenvalue weighted by molar-refractivity contribution is 5.00. The fourth-order valence-electron chi connectivity index (χ4n) is 4.49. The lowest BCUT2D eigenvalue weighted by atomic mass is 9.67. The first-order valence-electron chi connectivity index (χ1n) is 8.46. The van der Waals surface area contributed by atoms with Gasteiger partial charge in [0.25, 0.3) is 0 Å². The predicted molar refractivity (Wildman–Crippen MR) is 79.3 cm³/mol. The Bertz CT molecular complexity index is 319. The van der Waals surface area contributed by atoms with E-state index in [1.807, 2.05) is 0 Å². The van der Waals surface area contributed by atoms with E-state index in [1.165, 1.54) is 51.4 Å². The van der Waals surface area contributed by atoms with Crippen LogP contribution in [0.2, 0.25) is 0 Å². The molecule has 0 aromatic carbocycles. The van der Waals surface area contributed by atoms with Gasteiger partial charge in [0.05, 0.1) is 11.7 Å². The second kappa shape index (κ2) is 5.04. The molecule has 0 bridgehead atoms. The molecule has 3 atom stereocenters. The molecule has 0 aromatic rings. The molecule has 3 unspecified atom stereocenters. The smallest absolute Gasteiger partial charge is 0.0810 e. The lowest BCUT2D eigenvalue weighted by molar-refractivity contribution is -0.151. The number of fused-ring (bicyclic) bond motifs is 1. The zero-order valence-electron chi connectivity index (χ0n) is 13.0. The lowest BCUT2D eigenvalue weighted by Crippen LogP contribution is -2.60. The summed E-state index contributed by atoms with van der Waals surface area (Å²) in [4.78, 5) is 0. The number of nitrogens with one attached hydrogen (secondary N) is 1. The monoisotopic (exact) mass is 265 g/mol. The highest BCUT2D eigenvalue weighted by Gasteiger charge is 2.46. The maximum atomic E-state index is 6.57. The number of ether oxygens (including phenoxy) is 1. The van der Waals surface area contributed by atoms with Gasteiger partial charge in [0.1, 0.15) is 0 Å². The minimum absolute atomic E-state index is 0.217. The molecule has 2 saturated carbocycles. The lowest BCUT2D eigenvalue weighted by Gasteiger charge is -2.50. The predicted octanol–water partition coefficient (Wildman–Crippen LogP) is 3.89. The van der Waals surface area contributed by atoms with Crippen molar-refractivity contribution in [2.24, 2.45) is 11.3 Å². The molecular weight excluding hydrogens is 234 g/mol. The molecule has 3 aliphatic rings. The molecule has 0 amide bonds. The maximum absolute atomic E-state index is 6.57. The Hall–Kier alpha value is -0.0800. The van der Waals surface area contributed by atoms with E-state index in [4.69, 9.17) is 4.74 Å². The first-order valence-corrected chi connectivity index (χ1v) is 8.46. The molecule has 2 aliphatic carbocycles. The van der Waals surface area contributed by atoms with E-state index in [-0.39, 0.29) is 5.60 Å². The van der Waals surface area contributed by atoms with Crippen molar-refractivity contribution < 1.29 is 4.74 Å². The van der Waals surface area contributed by atoms with Crippen molar-refractivity contribution >= 4 is 0 Å². The Morgan fingerprint density at radius 2 is 1.95 bits per heavy atom. The van der Waals surface area contributed by atoms with Crippen LogP contribution in [0.5, 0.6) is 0 Å². The minimum atomic E-state index is 0.217. The summed E-state index contributed by atoms with van der Waals surface area (Å²) in [5, 5.41) is 3.85. The molecule has 3 fully saturated rings. The van der Waals surface area contributed by atoms with E-state index < -0.39 is 0 Å². The summed E-state index contributed by atoms with van der Waals surface area (Å²) in [5.41, 5.74) is 0.712. The third-order valence-corrected chi connectivity index (χ3v) is 6.41. The Kier molecular flexibility index (Phi) is 3.68. The van der Waals surface area contributed by atoms with Crippen molar-refractivity contribution in [3.63, 3.8) is 0 Å². The summed E-state index contributed by atoms with van der Waals surface area (Å²) < 4.78 is 6.57. The van der Waals surface area contributed by atoms with Crippen molar-refractivity contribution in [1.29, 1.82) is 0 Å². The fourth-order valence-corrected chi connectivity index (χ4v) is 4.49. The van der Waals surface area contributed by atoms with Gasteiger partial charge in [-0.25, -0.2) is 0 Å². The molecule has 110 valence electrons. The van der Waals surface area contributed by atoms with Crippen LogP contribution in [0.4, 0.5) is 0 Å². The number of morpholine rings is 1. The van der Waals surface area contributed by atoms with Crippen molar-refractivity contribution in [1.82, 2.24) is 5.32 Å². The van der Waals surface area contributed by atoms with Crippen molar-refractivity contribution in [2.75, 3.05) is 6.54 Å². The topological polar surface area (TPSA) is 21.3 Å². The number of hydrogen-bond acceptors (Lipinski definition) is 2. The normalized spacial score (nSPS) is 38.4.